The molecule has 9 nitrogen and oxygen atoms in total. The van der Waals surface area contributed by atoms with Crippen LogP contribution in [0.3, 0.4) is 0 Å². The van der Waals surface area contributed by atoms with Crippen LogP contribution in [0.15, 0.2) is 29.5 Å². The van der Waals surface area contributed by atoms with Crippen LogP contribution in [0.2, 0.25) is 0 Å². The van der Waals surface area contributed by atoms with Gasteiger partial charge in [-0.3, -0.25) is 9.78 Å². The second-order valence-corrected chi connectivity index (χ2v) is 7.53. The number of H-pyrrole nitrogens is 1. The molecule has 1 atom stereocenters. The molecule has 0 unspecified atom stereocenters. The Morgan fingerprint density at radius 2 is 2.10 bits per heavy atom. The lowest BCUT2D eigenvalue weighted by Gasteiger charge is -2.34. The molecule has 154 valence electrons. The van der Waals surface area contributed by atoms with Gasteiger partial charge in [0.05, 0.1) is 17.5 Å². The Bertz CT molecular complexity index is 1100. The SMILES string of the molecule is CCN(C(=O)O[C@H](C)c1cc(-c2nn3ccnc3c(=O)[nH]2)c(F)cn1)C(C)(C)C. The zero-order chi connectivity index (χ0) is 21.3. The minimum absolute atomic E-state index is 0.0186. The molecule has 0 aliphatic heterocycles. The van der Waals surface area contributed by atoms with E-state index >= 15 is 0 Å². The molecule has 29 heavy (non-hydrogen) atoms. The summed E-state index contributed by atoms with van der Waals surface area (Å²) in [4.78, 5) is 36.7. The Morgan fingerprint density at radius 1 is 1.38 bits per heavy atom. The topological polar surface area (TPSA) is 105 Å². The van der Waals surface area contributed by atoms with Gasteiger partial charge in [0.1, 0.15) is 6.10 Å². The van der Waals surface area contributed by atoms with Gasteiger partial charge in [-0.05, 0) is 40.7 Å². The van der Waals surface area contributed by atoms with Crippen LogP contribution < -0.4 is 5.56 Å². The van der Waals surface area contributed by atoms with Gasteiger partial charge in [-0.1, -0.05) is 0 Å². The molecule has 0 aliphatic rings. The molecule has 3 aromatic heterocycles. The van der Waals surface area contributed by atoms with Crippen molar-refractivity contribution in [1.29, 1.82) is 0 Å². The van der Waals surface area contributed by atoms with Crippen LogP contribution in [0.1, 0.15) is 46.4 Å². The first-order valence-electron chi connectivity index (χ1n) is 9.19. The van der Waals surface area contributed by atoms with Gasteiger partial charge in [-0.25, -0.2) is 18.7 Å². The van der Waals surface area contributed by atoms with Crippen molar-refractivity contribution < 1.29 is 13.9 Å². The third kappa shape index (κ3) is 4.10. The number of amides is 1. The van der Waals surface area contributed by atoms with Crippen molar-refractivity contribution in [2.75, 3.05) is 6.54 Å². The number of nitrogens with one attached hydrogen (secondary N) is 1. The molecule has 0 saturated carbocycles. The monoisotopic (exact) mass is 402 g/mol. The summed E-state index contributed by atoms with van der Waals surface area (Å²) < 4.78 is 21.2. The fourth-order valence-corrected chi connectivity index (χ4v) is 2.97. The predicted molar refractivity (Wildman–Crippen MR) is 104 cm³/mol. The summed E-state index contributed by atoms with van der Waals surface area (Å²) in [5.74, 6) is -0.648. The van der Waals surface area contributed by atoms with Crippen LogP contribution in [-0.4, -0.2) is 47.6 Å². The summed E-state index contributed by atoms with van der Waals surface area (Å²) >= 11 is 0. The van der Waals surface area contributed by atoms with E-state index in [4.69, 9.17) is 4.74 Å². The van der Waals surface area contributed by atoms with Crippen LogP contribution in [0.5, 0.6) is 0 Å². The first kappa shape index (κ1) is 20.4. The molecule has 0 radical (unpaired) electrons. The molecule has 10 heteroatoms. The molecular weight excluding hydrogens is 379 g/mol. The van der Waals surface area contributed by atoms with Crippen LogP contribution in [0.25, 0.3) is 17.0 Å². The molecule has 0 bridgehead atoms. The molecule has 1 N–H and O–H groups in total. The number of imidazole rings is 1. The lowest BCUT2D eigenvalue weighted by atomic mass is 10.1. The van der Waals surface area contributed by atoms with Crippen molar-refractivity contribution in [3.8, 4) is 11.4 Å². The zero-order valence-corrected chi connectivity index (χ0v) is 16.9. The largest absolute Gasteiger partial charge is 0.440 e. The molecule has 0 spiro atoms. The predicted octanol–water partition coefficient (Wildman–Crippen LogP) is 2.94. The Morgan fingerprint density at radius 3 is 2.76 bits per heavy atom. The van der Waals surface area contributed by atoms with Crippen molar-refractivity contribution in [3.05, 3.63) is 46.5 Å². The first-order chi connectivity index (χ1) is 13.6. The van der Waals surface area contributed by atoms with Gasteiger partial charge < -0.3 is 14.6 Å². The Labute approximate surface area is 166 Å². The van der Waals surface area contributed by atoms with Gasteiger partial charge >= 0.3 is 6.09 Å². The van der Waals surface area contributed by atoms with Gasteiger partial charge in [-0.15, -0.1) is 5.10 Å². The van der Waals surface area contributed by atoms with E-state index in [9.17, 15) is 14.0 Å². The molecular formula is C19H23FN6O3. The third-order valence-corrected chi connectivity index (χ3v) is 4.44. The normalized spacial score (nSPS) is 12.8. The Hall–Kier alpha value is -3.30. The van der Waals surface area contributed by atoms with E-state index in [-0.39, 0.29) is 17.0 Å². The van der Waals surface area contributed by atoms with Crippen LogP contribution in [0.4, 0.5) is 9.18 Å². The van der Waals surface area contributed by atoms with E-state index in [0.717, 1.165) is 6.20 Å². The second kappa shape index (κ2) is 7.61. The van der Waals surface area contributed by atoms with Gasteiger partial charge in [0.2, 0.25) is 5.65 Å². The van der Waals surface area contributed by atoms with Gasteiger partial charge in [0.25, 0.3) is 5.56 Å². The van der Waals surface area contributed by atoms with E-state index < -0.39 is 29.1 Å². The number of hydrogen-bond donors (Lipinski definition) is 1. The minimum atomic E-state index is -0.734. The highest BCUT2D eigenvalue weighted by molar-refractivity contribution is 5.69. The van der Waals surface area contributed by atoms with E-state index in [2.05, 4.69) is 20.1 Å². The van der Waals surface area contributed by atoms with Crippen LogP contribution in [-0.2, 0) is 4.74 Å². The fraction of sp³-hybridized carbons (Fsp3) is 0.421. The highest BCUT2D eigenvalue weighted by Gasteiger charge is 2.28. The average Bonchev–Trinajstić information content (AvgIpc) is 3.10. The Kier molecular flexibility index (Phi) is 5.36. The zero-order valence-electron chi connectivity index (χ0n) is 16.9. The van der Waals surface area contributed by atoms with Crippen LogP contribution in [0, 0.1) is 5.82 Å². The number of carbonyl (C=O) groups excluding carboxylic acids is 1. The molecule has 3 aromatic rings. The molecule has 0 aliphatic carbocycles. The lowest BCUT2D eigenvalue weighted by Crippen LogP contribution is -2.45. The molecule has 3 rings (SSSR count). The van der Waals surface area contributed by atoms with E-state index in [0.29, 0.717) is 12.2 Å². The maximum Gasteiger partial charge on any atom is 0.410 e. The van der Waals surface area contributed by atoms with Crippen molar-refractivity contribution in [2.45, 2.75) is 46.3 Å². The highest BCUT2D eigenvalue weighted by atomic mass is 19.1. The van der Waals surface area contributed by atoms with Crippen molar-refractivity contribution in [3.63, 3.8) is 0 Å². The summed E-state index contributed by atoms with van der Waals surface area (Å²) in [6.45, 7) is 9.71. The molecule has 3 heterocycles. The number of fused-ring (bicyclic) bond motifs is 1. The van der Waals surface area contributed by atoms with Crippen molar-refractivity contribution >= 4 is 11.7 Å². The quantitative estimate of drug-likeness (QED) is 0.719. The average molecular weight is 402 g/mol. The smallest absolute Gasteiger partial charge is 0.410 e. The number of halogens is 1. The number of nitrogens with zero attached hydrogens (tertiary/aromatic N) is 5. The van der Waals surface area contributed by atoms with Crippen molar-refractivity contribution in [2.24, 2.45) is 0 Å². The molecule has 0 aromatic carbocycles. The third-order valence-electron chi connectivity index (χ3n) is 4.44. The maximum atomic E-state index is 14.4. The maximum absolute atomic E-state index is 14.4. The summed E-state index contributed by atoms with van der Waals surface area (Å²) in [6.07, 6.45) is 2.69. The minimum Gasteiger partial charge on any atom is -0.440 e. The van der Waals surface area contributed by atoms with E-state index in [1.165, 1.54) is 23.0 Å². The number of hydrogen-bond acceptors (Lipinski definition) is 6. The highest BCUT2D eigenvalue weighted by Crippen LogP contribution is 2.25. The number of aromatic amines is 1. The van der Waals surface area contributed by atoms with Crippen molar-refractivity contribution in [1.82, 2.24) is 29.5 Å². The molecule has 0 fully saturated rings. The number of carbonyl (C=O) groups is 1. The molecule has 1 amide bonds. The summed E-state index contributed by atoms with van der Waals surface area (Å²) in [5.41, 5.74) is -0.438. The van der Waals surface area contributed by atoms with Gasteiger partial charge in [-0.2, -0.15) is 0 Å². The van der Waals surface area contributed by atoms with E-state index in [1.807, 2.05) is 27.7 Å². The fourth-order valence-electron chi connectivity index (χ4n) is 2.97. The van der Waals surface area contributed by atoms with Crippen LogP contribution >= 0.6 is 0 Å². The summed E-state index contributed by atoms with van der Waals surface area (Å²) in [6, 6.07) is 1.40. The summed E-state index contributed by atoms with van der Waals surface area (Å²) in [7, 11) is 0. The summed E-state index contributed by atoms with van der Waals surface area (Å²) in [5, 5.41) is 4.18. The second-order valence-electron chi connectivity index (χ2n) is 7.53. The van der Waals surface area contributed by atoms with Gasteiger partial charge in [0.15, 0.2) is 11.6 Å². The lowest BCUT2D eigenvalue weighted by molar-refractivity contribution is 0.0433. The number of aromatic nitrogens is 5. The van der Waals surface area contributed by atoms with E-state index in [1.54, 1.807) is 11.8 Å². The molecule has 0 saturated heterocycles. The number of ether oxygens (including phenoxy) is 1. The standard InChI is InChI=1S/C19H23FN6O3/c1-6-25(19(3,4)5)18(28)29-11(2)14-9-12(13(20)10-22-14)15-23-17(27)16-21-7-8-26(16)24-15/h7-11H,6H2,1-5H3,(H,23,24,27)/t11-/m1/s1. The number of rotatable bonds is 4. The Balaban J connectivity index is 1.92. The number of pyridine rings is 1. The first-order valence-corrected chi connectivity index (χ1v) is 9.19. The van der Waals surface area contributed by atoms with Gasteiger partial charge in [0, 0.05) is 24.5 Å².